The molecule has 0 heterocycles. The molecule has 6 nitrogen and oxygen atoms in total. The van der Waals surface area contributed by atoms with Gasteiger partial charge < -0.3 is 19.7 Å². The number of allylic oxidation sites excluding steroid dienone is 2. The third-order valence-corrected chi connectivity index (χ3v) is 8.79. The topological polar surface area (TPSA) is 93.1 Å². The molecule has 0 fully saturated rings. The fraction of sp³-hybridized carbons (Fsp3) is 0.854. The van der Waals surface area contributed by atoms with Crippen molar-refractivity contribution in [3.8, 4) is 0 Å². The average molecular weight is 665 g/mol. The Morgan fingerprint density at radius 1 is 0.574 bits per heavy atom. The minimum Gasteiger partial charge on any atom is -0.466 e. The molecule has 0 bridgehead atoms. The summed E-state index contributed by atoms with van der Waals surface area (Å²) in [6.45, 7) is 8.44. The SMILES string of the molecule is CCCCCC[C@H](O)C/C=C\CCCCCCCC(=O)OC(C)(C)CCOC(=O)CCCCCCC/C=C\C[C@H](O)CCCCCC. The van der Waals surface area contributed by atoms with Gasteiger partial charge in [0, 0.05) is 19.3 Å². The van der Waals surface area contributed by atoms with E-state index in [1.807, 2.05) is 13.8 Å². The molecule has 47 heavy (non-hydrogen) atoms. The minimum absolute atomic E-state index is 0.172. The molecule has 0 spiro atoms. The lowest BCUT2D eigenvalue weighted by molar-refractivity contribution is -0.159. The molecule has 276 valence electrons. The molecule has 0 radical (unpaired) electrons. The molecular weight excluding hydrogens is 588 g/mol. The number of rotatable bonds is 34. The number of hydrogen-bond acceptors (Lipinski definition) is 6. The second-order valence-electron chi connectivity index (χ2n) is 14.2. The summed E-state index contributed by atoms with van der Waals surface area (Å²) >= 11 is 0. The fourth-order valence-corrected chi connectivity index (χ4v) is 5.61. The van der Waals surface area contributed by atoms with Gasteiger partial charge in [-0.1, -0.05) is 128 Å². The van der Waals surface area contributed by atoms with Crippen molar-refractivity contribution in [1.29, 1.82) is 0 Å². The third kappa shape index (κ3) is 34.0. The van der Waals surface area contributed by atoms with Gasteiger partial charge in [-0.05, 0) is 78.1 Å². The van der Waals surface area contributed by atoms with E-state index in [4.69, 9.17) is 9.47 Å². The van der Waals surface area contributed by atoms with Crippen LogP contribution in [0.15, 0.2) is 24.3 Å². The Balaban J connectivity index is 3.67. The summed E-state index contributed by atoms with van der Waals surface area (Å²) in [7, 11) is 0. The number of carbonyl (C=O) groups is 2. The van der Waals surface area contributed by atoms with Gasteiger partial charge in [-0.25, -0.2) is 0 Å². The summed E-state index contributed by atoms with van der Waals surface area (Å²) < 4.78 is 11.1. The molecule has 0 aliphatic rings. The van der Waals surface area contributed by atoms with E-state index in [1.54, 1.807) is 0 Å². The molecule has 0 aromatic heterocycles. The molecule has 0 saturated heterocycles. The second-order valence-corrected chi connectivity index (χ2v) is 14.2. The lowest BCUT2D eigenvalue weighted by Gasteiger charge is -2.25. The highest BCUT2D eigenvalue weighted by Gasteiger charge is 2.23. The zero-order valence-electron chi connectivity index (χ0n) is 31.3. The maximum atomic E-state index is 12.3. The standard InChI is InChI=1S/C41H76O6/c1-5-7-9-23-29-37(42)31-25-19-15-11-13-17-21-27-33-39(44)46-36-35-41(3,4)47-40(45)34-28-22-18-14-12-16-20-26-32-38(43)30-24-10-8-6-2/h19-20,25-26,37-38,42-43H,5-18,21-24,27-36H2,1-4H3/b25-19-,26-20-/t37-,38+/m1/s1. The van der Waals surface area contributed by atoms with Gasteiger partial charge in [-0.2, -0.15) is 0 Å². The van der Waals surface area contributed by atoms with Crippen molar-refractivity contribution < 1.29 is 29.3 Å². The van der Waals surface area contributed by atoms with Crippen LogP contribution in [-0.2, 0) is 19.1 Å². The second kappa shape index (κ2) is 32.9. The van der Waals surface area contributed by atoms with Crippen molar-refractivity contribution in [3.63, 3.8) is 0 Å². The van der Waals surface area contributed by atoms with Gasteiger partial charge in [0.05, 0.1) is 18.8 Å². The lowest BCUT2D eigenvalue weighted by atomic mass is 10.1. The summed E-state index contributed by atoms with van der Waals surface area (Å²) in [6, 6.07) is 0. The first kappa shape index (κ1) is 45.3. The van der Waals surface area contributed by atoms with E-state index in [2.05, 4.69) is 38.2 Å². The number of ether oxygens (including phenoxy) is 2. The Hall–Kier alpha value is -1.66. The van der Waals surface area contributed by atoms with Gasteiger partial charge in [0.25, 0.3) is 0 Å². The summed E-state index contributed by atoms with van der Waals surface area (Å²) in [4.78, 5) is 24.4. The summed E-state index contributed by atoms with van der Waals surface area (Å²) in [5.74, 6) is -0.349. The number of unbranched alkanes of at least 4 members (excludes halogenated alkanes) is 16. The van der Waals surface area contributed by atoms with Crippen LogP contribution in [0.3, 0.4) is 0 Å². The van der Waals surface area contributed by atoms with E-state index in [0.29, 0.717) is 19.3 Å². The van der Waals surface area contributed by atoms with E-state index in [-0.39, 0.29) is 30.8 Å². The largest absolute Gasteiger partial charge is 0.466 e. The van der Waals surface area contributed by atoms with Crippen molar-refractivity contribution in [2.24, 2.45) is 0 Å². The van der Waals surface area contributed by atoms with Crippen molar-refractivity contribution in [3.05, 3.63) is 24.3 Å². The van der Waals surface area contributed by atoms with Gasteiger partial charge in [0.2, 0.25) is 0 Å². The van der Waals surface area contributed by atoms with Crippen molar-refractivity contribution in [2.45, 2.75) is 219 Å². The van der Waals surface area contributed by atoms with E-state index in [0.717, 1.165) is 116 Å². The first-order chi connectivity index (χ1) is 22.7. The van der Waals surface area contributed by atoms with Gasteiger partial charge in [0.1, 0.15) is 5.60 Å². The number of hydrogen-bond donors (Lipinski definition) is 2. The van der Waals surface area contributed by atoms with Crippen LogP contribution >= 0.6 is 0 Å². The molecule has 0 aliphatic heterocycles. The normalized spacial score (nSPS) is 13.4. The predicted molar refractivity (Wildman–Crippen MR) is 197 cm³/mol. The Labute approximate surface area is 290 Å². The van der Waals surface area contributed by atoms with Gasteiger partial charge >= 0.3 is 11.9 Å². The predicted octanol–water partition coefficient (Wildman–Crippen LogP) is 11.3. The molecule has 0 amide bonds. The van der Waals surface area contributed by atoms with E-state index in [9.17, 15) is 19.8 Å². The van der Waals surface area contributed by atoms with Gasteiger partial charge in [-0.3, -0.25) is 9.59 Å². The van der Waals surface area contributed by atoms with Crippen molar-refractivity contribution in [1.82, 2.24) is 0 Å². The maximum Gasteiger partial charge on any atom is 0.306 e. The molecule has 0 unspecified atom stereocenters. The van der Waals surface area contributed by atoms with Crippen LogP contribution < -0.4 is 0 Å². The van der Waals surface area contributed by atoms with Crippen LogP contribution in [0.25, 0.3) is 0 Å². The Kier molecular flexibility index (Phi) is 31.7. The van der Waals surface area contributed by atoms with Gasteiger partial charge in [0.15, 0.2) is 0 Å². The monoisotopic (exact) mass is 665 g/mol. The summed E-state index contributed by atoms with van der Waals surface area (Å²) in [6.07, 6.45) is 35.3. The van der Waals surface area contributed by atoms with E-state index < -0.39 is 5.60 Å². The number of aliphatic hydroxyl groups is 2. The van der Waals surface area contributed by atoms with Crippen molar-refractivity contribution >= 4 is 11.9 Å². The molecule has 2 N–H and O–H groups in total. The van der Waals surface area contributed by atoms with Gasteiger partial charge in [-0.15, -0.1) is 0 Å². The third-order valence-electron chi connectivity index (χ3n) is 8.79. The maximum absolute atomic E-state index is 12.3. The number of esters is 2. The van der Waals surface area contributed by atoms with Crippen LogP contribution in [-0.4, -0.2) is 46.6 Å². The van der Waals surface area contributed by atoms with E-state index >= 15 is 0 Å². The first-order valence-corrected chi connectivity index (χ1v) is 19.7. The lowest BCUT2D eigenvalue weighted by Crippen LogP contribution is -2.30. The van der Waals surface area contributed by atoms with Crippen LogP contribution in [0.1, 0.15) is 201 Å². The molecule has 2 atom stereocenters. The zero-order chi connectivity index (χ0) is 34.9. The van der Waals surface area contributed by atoms with Crippen molar-refractivity contribution in [2.75, 3.05) is 6.61 Å². The van der Waals surface area contributed by atoms with Crippen LogP contribution in [0.4, 0.5) is 0 Å². The Bertz CT molecular complexity index is 774. The van der Waals surface area contributed by atoms with Crippen LogP contribution in [0.5, 0.6) is 0 Å². The summed E-state index contributed by atoms with van der Waals surface area (Å²) in [5.41, 5.74) is -0.645. The minimum atomic E-state index is -0.645. The quantitative estimate of drug-likeness (QED) is 0.0404. The first-order valence-electron chi connectivity index (χ1n) is 19.7. The average Bonchev–Trinajstić information content (AvgIpc) is 3.02. The Morgan fingerprint density at radius 3 is 1.49 bits per heavy atom. The molecule has 0 rings (SSSR count). The highest BCUT2D eigenvalue weighted by atomic mass is 16.6. The molecular formula is C41H76O6. The summed E-state index contributed by atoms with van der Waals surface area (Å²) in [5, 5.41) is 20.0. The highest BCUT2D eigenvalue weighted by molar-refractivity contribution is 5.70. The van der Waals surface area contributed by atoms with E-state index in [1.165, 1.54) is 38.5 Å². The Morgan fingerprint density at radius 2 is 1.00 bits per heavy atom. The molecule has 0 saturated carbocycles. The number of aliphatic hydroxyl groups excluding tert-OH is 2. The molecule has 0 aromatic rings. The zero-order valence-corrected chi connectivity index (χ0v) is 31.3. The van der Waals surface area contributed by atoms with Crippen LogP contribution in [0, 0.1) is 0 Å². The molecule has 0 aliphatic carbocycles. The molecule has 6 heteroatoms. The smallest absolute Gasteiger partial charge is 0.306 e. The highest BCUT2D eigenvalue weighted by Crippen LogP contribution is 2.18. The molecule has 0 aromatic carbocycles. The number of carbonyl (C=O) groups excluding carboxylic acids is 2. The fourth-order valence-electron chi connectivity index (χ4n) is 5.61. The van der Waals surface area contributed by atoms with Crippen LogP contribution in [0.2, 0.25) is 0 Å².